The highest BCUT2D eigenvalue weighted by Crippen LogP contribution is 2.25. The van der Waals surface area contributed by atoms with Crippen LogP contribution in [0, 0.1) is 11.7 Å². The molecule has 32 heavy (non-hydrogen) atoms. The Kier molecular flexibility index (Phi) is 8.14. The van der Waals surface area contributed by atoms with Gasteiger partial charge in [0.25, 0.3) is 0 Å². The van der Waals surface area contributed by atoms with Crippen molar-refractivity contribution in [3.05, 3.63) is 107 Å². The van der Waals surface area contributed by atoms with Crippen LogP contribution in [-0.2, 0) is 22.6 Å². The van der Waals surface area contributed by atoms with E-state index in [9.17, 15) is 14.0 Å². The molecule has 5 heteroatoms. The number of carbonyl (C=O) groups is 2. The van der Waals surface area contributed by atoms with Crippen molar-refractivity contribution in [1.82, 2.24) is 10.2 Å². The minimum absolute atomic E-state index is 0.169. The molecule has 0 heterocycles. The number of rotatable bonds is 9. The molecular weight excluding hydrogens is 403 g/mol. The van der Waals surface area contributed by atoms with Crippen molar-refractivity contribution in [2.75, 3.05) is 6.54 Å². The van der Waals surface area contributed by atoms with Gasteiger partial charge in [0, 0.05) is 13.1 Å². The van der Waals surface area contributed by atoms with Gasteiger partial charge in [-0.3, -0.25) is 9.59 Å². The van der Waals surface area contributed by atoms with Gasteiger partial charge in [0.15, 0.2) is 0 Å². The van der Waals surface area contributed by atoms with E-state index in [1.807, 2.05) is 74.5 Å². The Morgan fingerprint density at radius 3 is 2.03 bits per heavy atom. The molecule has 0 aliphatic rings. The van der Waals surface area contributed by atoms with Crippen LogP contribution in [0.1, 0.15) is 36.6 Å². The van der Waals surface area contributed by atoms with Crippen molar-refractivity contribution in [1.29, 1.82) is 0 Å². The van der Waals surface area contributed by atoms with Crippen LogP contribution in [0.2, 0.25) is 0 Å². The fourth-order valence-electron chi connectivity index (χ4n) is 3.49. The number of nitrogens with one attached hydrogen (secondary N) is 1. The molecule has 1 N–H and O–H groups in total. The largest absolute Gasteiger partial charge is 0.354 e. The third-order valence-corrected chi connectivity index (χ3v) is 5.14. The number of amides is 2. The van der Waals surface area contributed by atoms with Crippen LogP contribution < -0.4 is 5.32 Å². The molecule has 2 amide bonds. The van der Waals surface area contributed by atoms with E-state index in [4.69, 9.17) is 0 Å². The van der Waals surface area contributed by atoms with E-state index in [2.05, 4.69) is 5.32 Å². The summed E-state index contributed by atoms with van der Waals surface area (Å²) in [6.45, 7) is 4.75. The van der Waals surface area contributed by atoms with Crippen LogP contribution in [0.4, 0.5) is 4.39 Å². The second-order valence-electron chi connectivity index (χ2n) is 8.26. The first-order valence-electron chi connectivity index (χ1n) is 10.8. The molecular formula is C27H29FN2O2. The number of nitrogens with zero attached hydrogens (tertiary/aromatic N) is 1. The Balaban J connectivity index is 1.97. The second-order valence-corrected chi connectivity index (χ2v) is 8.26. The quantitative estimate of drug-likeness (QED) is 0.522. The lowest BCUT2D eigenvalue weighted by Gasteiger charge is -2.32. The van der Waals surface area contributed by atoms with Gasteiger partial charge >= 0.3 is 0 Å². The maximum Gasteiger partial charge on any atom is 0.247 e. The smallest absolute Gasteiger partial charge is 0.247 e. The molecule has 0 spiro atoms. The highest BCUT2D eigenvalue weighted by molar-refractivity contribution is 5.89. The van der Waals surface area contributed by atoms with Crippen molar-refractivity contribution < 1.29 is 14.0 Å². The third-order valence-electron chi connectivity index (χ3n) is 5.14. The topological polar surface area (TPSA) is 49.4 Å². The van der Waals surface area contributed by atoms with Gasteiger partial charge in [-0.25, -0.2) is 4.39 Å². The zero-order valence-electron chi connectivity index (χ0n) is 18.5. The summed E-state index contributed by atoms with van der Waals surface area (Å²) in [7, 11) is 0. The predicted molar refractivity (Wildman–Crippen MR) is 124 cm³/mol. The lowest BCUT2D eigenvalue weighted by molar-refractivity contribution is -0.141. The van der Waals surface area contributed by atoms with E-state index in [1.54, 1.807) is 17.0 Å². The van der Waals surface area contributed by atoms with E-state index in [-0.39, 0.29) is 36.5 Å². The standard InChI is InChI=1S/C27H29FN2O2/c1-20(2)18-29-27(32)26(23-11-7-4-8-12-23)30(19-22-13-15-24(28)16-14-22)25(31)17-21-9-5-3-6-10-21/h3-16,20,26H,17-19H2,1-2H3,(H,29,32)/t26-/m0/s1. The van der Waals surface area contributed by atoms with Crippen molar-refractivity contribution in [2.24, 2.45) is 5.92 Å². The minimum atomic E-state index is -0.795. The first-order chi connectivity index (χ1) is 15.4. The van der Waals surface area contributed by atoms with Crippen LogP contribution in [0.25, 0.3) is 0 Å². The number of benzene rings is 3. The molecule has 4 nitrogen and oxygen atoms in total. The van der Waals surface area contributed by atoms with Gasteiger partial charge in [-0.15, -0.1) is 0 Å². The highest BCUT2D eigenvalue weighted by atomic mass is 19.1. The van der Waals surface area contributed by atoms with Gasteiger partial charge < -0.3 is 10.2 Å². The molecule has 0 saturated heterocycles. The summed E-state index contributed by atoms with van der Waals surface area (Å²) < 4.78 is 13.5. The Labute approximate surface area is 189 Å². The molecule has 0 radical (unpaired) electrons. The third kappa shape index (κ3) is 6.51. The fourth-order valence-corrected chi connectivity index (χ4v) is 3.49. The van der Waals surface area contributed by atoms with E-state index >= 15 is 0 Å². The molecule has 0 fully saturated rings. The Bertz CT molecular complexity index is 1000. The summed E-state index contributed by atoms with van der Waals surface area (Å²) in [5.74, 6) is -0.464. The lowest BCUT2D eigenvalue weighted by atomic mass is 10.0. The van der Waals surface area contributed by atoms with Crippen LogP contribution in [0.5, 0.6) is 0 Å². The highest BCUT2D eigenvalue weighted by Gasteiger charge is 2.31. The van der Waals surface area contributed by atoms with E-state index < -0.39 is 6.04 Å². The number of hydrogen-bond acceptors (Lipinski definition) is 2. The van der Waals surface area contributed by atoms with Gasteiger partial charge in [-0.2, -0.15) is 0 Å². The van der Waals surface area contributed by atoms with Gasteiger partial charge in [0.1, 0.15) is 11.9 Å². The monoisotopic (exact) mass is 432 g/mol. The molecule has 3 rings (SSSR count). The molecule has 0 unspecified atom stereocenters. The molecule has 0 aliphatic carbocycles. The second kappa shape index (κ2) is 11.2. The van der Waals surface area contributed by atoms with Crippen LogP contribution in [0.15, 0.2) is 84.9 Å². The van der Waals surface area contributed by atoms with Crippen LogP contribution in [-0.4, -0.2) is 23.3 Å². The van der Waals surface area contributed by atoms with Gasteiger partial charge in [0.05, 0.1) is 6.42 Å². The van der Waals surface area contributed by atoms with Crippen molar-refractivity contribution in [3.8, 4) is 0 Å². The van der Waals surface area contributed by atoms with Crippen molar-refractivity contribution in [3.63, 3.8) is 0 Å². The predicted octanol–water partition coefficient (Wildman–Crippen LogP) is 4.91. The van der Waals surface area contributed by atoms with Crippen LogP contribution in [0.3, 0.4) is 0 Å². The average molecular weight is 433 g/mol. The summed E-state index contributed by atoms with van der Waals surface area (Å²) >= 11 is 0. The summed E-state index contributed by atoms with van der Waals surface area (Å²) in [6.07, 6.45) is 0.169. The molecule has 166 valence electrons. The number of carbonyl (C=O) groups excluding carboxylic acids is 2. The Hall–Kier alpha value is -3.47. The lowest BCUT2D eigenvalue weighted by Crippen LogP contribution is -2.44. The Morgan fingerprint density at radius 1 is 0.844 bits per heavy atom. The summed E-state index contributed by atoms with van der Waals surface area (Å²) in [6, 6.07) is 24.0. The summed E-state index contributed by atoms with van der Waals surface area (Å²) in [5.41, 5.74) is 2.36. The molecule has 0 bridgehead atoms. The van der Waals surface area contributed by atoms with E-state index in [0.29, 0.717) is 6.54 Å². The average Bonchev–Trinajstić information content (AvgIpc) is 2.80. The first-order valence-corrected chi connectivity index (χ1v) is 10.8. The normalized spacial score (nSPS) is 11.8. The molecule has 3 aromatic carbocycles. The summed E-state index contributed by atoms with van der Waals surface area (Å²) in [5, 5.41) is 2.98. The first kappa shape index (κ1) is 23.2. The fraction of sp³-hybridized carbons (Fsp3) is 0.259. The molecule has 0 saturated carbocycles. The zero-order chi connectivity index (χ0) is 22.9. The van der Waals surface area contributed by atoms with Crippen molar-refractivity contribution >= 4 is 11.8 Å². The van der Waals surface area contributed by atoms with Gasteiger partial charge in [-0.05, 0) is 34.7 Å². The van der Waals surface area contributed by atoms with Gasteiger partial charge in [0.2, 0.25) is 11.8 Å². The molecule has 0 aromatic heterocycles. The molecule has 1 atom stereocenters. The zero-order valence-corrected chi connectivity index (χ0v) is 18.5. The van der Waals surface area contributed by atoms with Crippen molar-refractivity contribution in [2.45, 2.75) is 32.9 Å². The van der Waals surface area contributed by atoms with Gasteiger partial charge in [-0.1, -0.05) is 86.6 Å². The molecule has 0 aliphatic heterocycles. The van der Waals surface area contributed by atoms with E-state index in [0.717, 1.165) is 16.7 Å². The number of hydrogen-bond donors (Lipinski definition) is 1. The summed E-state index contributed by atoms with van der Waals surface area (Å²) in [4.78, 5) is 28.4. The molecule has 3 aromatic rings. The number of halogens is 1. The Morgan fingerprint density at radius 2 is 1.44 bits per heavy atom. The van der Waals surface area contributed by atoms with E-state index in [1.165, 1.54) is 12.1 Å². The minimum Gasteiger partial charge on any atom is -0.354 e. The van der Waals surface area contributed by atoms with Crippen LogP contribution >= 0.6 is 0 Å². The maximum atomic E-state index is 13.5. The maximum absolute atomic E-state index is 13.5. The SMILES string of the molecule is CC(C)CNC(=O)[C@H](c1ccccc1)N(Cc1ccc(F)cc1)C(=O)Cc1ccccc1.